The SMILES string of the molecule is CC(C)(O)c1cc(C(O)(CNC(=O)O)C(F)F)nc(-c2ccccc2)c1F. The summed E-state index contributed by atoms with van der Waals surface area (Å²) in [6, 6.07) is 8.61. The molecule has 1 aromatic carbocycles. The van der Waals surface area contributed by atoms with Crippen molar-refractivity contribution in [1.82, 2.24) is 10.3 Å². The number of carbonyl (C=O) groups is 1. The number of rotatable bonds is 6. The van der Waals surface area contributed by atoms with Crippen LogP contribution in [-0.2, 0) is 11.2 Å². The Morgan fingerprint density at radius 3 is 2.30 bits per heavy atom. The maximum atomic E-state index is 14.9. The van der Waals surface area contributed by atoms with Crippen molar-refractivity contribution in [1.29, 1.82) is 0 Å². The Balaban J connectivity index is 2.73. The molecule has 1 amide bonds. The van der Waals surface area contributed by atoms with Gasteiger partial charge in [0.1, 0.15) is 5.69 Å². The largest absolute Gasteiger partial charge is 0.465 e. The van der Waals surface area contributed by atoms with Crippen molar-refractivity contribution in [2.24, 2.45) is 0 Å². The summed E-state index contributed by atoms with van der Waals surface area (Å²) in [5.41, 5.74) is -5.92. The minimum Gasteiger partial charge on any atom is -0.465 e. The van der Waals surface area contributed by atoms with Gasteiger partial charge >= 0.3 is 6.09 Å². The van der Waals surface area contributed by atoms with Crippen LogP contribution in [0.1, 0.15) is 25.1 Å². The smallest absolute Gasteiger partial charge is 0.404 e. The predicted molar refractivity (Wildman–Crippen MR) is 90.8 cm³/mol. The van der Waals surface area contributed by atoms with E-state index in [9.17, 15) is 28.2 Å². The number of hydrogen-bond donors (Lipinski definition) is 4. The molecule has 0 aliphatic rings. The van der Waals surface area contributed by atoms with Crippen LogP contribution >= 0.6 is 0 Å². The van der Waals surface area contributed by atoms with E-state index in [-0.39, 0.29) is 16.8 Å². The van der Waals surface area contributed by atoms with Gasteiger partial charge in [-0.1, -0.05) is 30.3 Å². The molecule has 1 aromatic heterocycles. The molecule has 27 heavy (non-hydrogen) atoms. The van der Waals surface area contributed by atoms with E-state index in [0.717, 1.165) is 6.07 Å². The van der Waals surface area contributed by atoms with Gasteiger partial charge in [0.15, 0.2) is 11.4 Å². The number of halogens is 3. The summed E-state index contributed by atoms with van der Waals surface area (Å²) < 4.78 is 42.1. The first-order chi connectivity index (χ1) is 12.5. The third-order valence-electron chi connectivity index (χ3n) is 3.98. The fourth-order valence-corrected chi connectivity index (χ4v) is 2.47. The number of benzene rings is 1. The highest BCUT2D eigenvalue weighted by molar-refractivity contribution is 5.65. The summed E-state index contributed by atoms with van der Waals surface area (Å²) in [4.78, 5) is 14.5. The normalized spacial score (nSPS) is 14.1. The van der Waals surface area contributed by atoms with Crippen LogP contribution in [0.15, 0.2) is 36.4 Å². The third-order valence-corrected chi connectivity index (χ3v) is 3.98. The Morgan fingerprint density at radius 2 is 1.81 bits per heavy atom. The van der Waals surface area contributed by atoms with E-state index in [1.165, 1.54) is 26.0 Å². The summed E-state index contributed by atoms with van der Waals surface area (Å²) in [5.74, 6) is -0.930. The van der Waals surface area contributed by atoms with Crippen molar-refractivity contribution in [3.63, 3.8) is 0 Å². The van der Waals surface area contributed by atoms with Gasteiger partial charge in [-0.3, -0.25) is 0 Å². The molecule has 2 rings (SSSR count). The van der Waals surface area contributed by atoms with Crippen LogP contribution in [0.3, 0.4) is 0 Å². The number of pyridine rings is 1. The first-order valence-electron chi connectivity index (χ1n) is 7.93. The molecule has 0 fully saturated rings. The Bertz CT molecular complexity index is 825. The number of aromatic nitrogens is 1. The van der Waals surface area contributed by atoms with Crippen molar-refractivity contribution in [2.75, 3.05) is 6.54 Å². The number of nitrogens with one attached hydrogen (secondary N) is 1. The zero-order valence-electron chi connectivity index (χ0n) is 14.6. The van der Waals surface area contributed by atoms with E-state index >= 15 is 0 Å². The first kappa shape index (κ1) is 20.7. The Kier molecular flexibility index (Phi) is 5.76. The number of alkyl halides is 2. The summed E-state index contributed by atoms with van der Waals surface area (Å²) in [5, 5.41) is 31.0. The summed E-state index contributed by atoms with van der Waals surface area (Å²) >= 11 is 0. The van der Waals surface area contributed by atoms with E-state index in [1.807, 2.05) is 0 Å². The lowest BCUT2D eigenvalue weighted by Crippen LogP contribution is -2.46. The first-order valence-corrected chi connectivity index (χ1v) is 7.93. The molecule has 6 nitrogen and oxygen atoms in total. The van der Waals surface area contributed by atoms with Gasteiger partial charge in [0.25, 0.3) is 6.43 Å². The minimum atomic E-state index is -3.43. The van der Waals surface area contributed by atoms with Crippen molar-refractivity contribution >= 4 is 6.09 Å². The second-order valence-corrected chi connectivity index (χ2v) is 6.53. The molecule has 0 radical (unpaired) electrons. The van der Waals surface area contributed by atoms with Crippen LogP contribution in [0.4, 0.5) is 18.0 Å². The molecule has 1 atom stereocenters. The molecule has 0 bridgehead atoms. The monoisotopic (exact) mass is 384 g/mol. The molecule has 0 aliphatic carbocycles. The molecule has 1 heterocycles. The van der Waals surface area contributed by atoms with Gasteiger partial charge < -0.3 is 20.6 Å². The van der Waals surface area contributed by atoms with Crippen LogP contribution in [0, 0.1) is 5.82 Å². The van der Waals surface area contributed by atoms with Gasteiger partial charge in [-0.15, -0.1) is 0 Å². The summed E-state index contributed by atoms with van der Waals surface area (Å²) in [6.45, 7) is 1.43. The third kappa shape index (κ3) is 4.37. The molecule has 146 valence electrons. The quantitative estimate of drug-likeness (QED) is 0.613. The van der Waals surface area contributed by atoms with Crippen LogP contribution in [0.25, 0.3) is 11.3 Å². The number of amides is 1. The molecular formula is C18H19F3N2O4. The minimum absolute atomic E-state index is 0.241. The highest BCUT2D eigenvalue weighted by Crippen LogP contribution is 2.35. The average Bonchev–Trinajstić information content (AvgIpc) is 2.59. The highest BCUT2D eigenvalue weighted by atomic mass is 19.3. The number of hydrogen-bond acceptors (Lipinski definition) is 4. The van der Waals surface area contributed by atoms with E-state index in [0.29, 0.717) is 0 Å². The Hall–Kier alpha value is -2.65. The molecule has 0 spiro atoms. The standard InChI is InChI=1S/C18H19F3N2O4/c1-17(2,26)11-8-12(18(27,15(20)21)9-22-16(24)25)23-14(13(11)19)10-6-4-3-5-7-10/h3-8,15,22,26-27H,9H2,1-2H3,(H,24,25). The number of aliphatic hydroxyl groups is 2. The van der Waals surface area contributed by atoms with Crippen molar-refractivity contribution in [3.05, 3.63) is 53.5 Å². The zero-order chi connectivity index (χ0) is 20.4. The fourth-order valence-electron chi connectivity index (χ4n) is 2.47. The van der Waals surface area contributed by atoms with Gasteiger partial charge in [-0.25, -0.2) is 22.9 Å². The molecule has 2 aromatic rings. The molecule has 0 saturated carbocycles. The molecule has 4 N–H and O–H groups in total. The Morgan fingerprint density at radius 1 is 1.22 bits per heavy atom. The van der Waals surface area contributed by atoms with Crippen LogP contribution < -0.4 is 5.32 Å². The molecule has 9 heteroatoms. The van der Waals surface area contributed by atoms with Crippen LogP contribution in [0.5, 0.6) is 0 Å². The second kappa shape index (κ2) is 7.53. The summed E-state index contributed by atoms with van der Waals surface area (Å²) in [7, 11) is 0. The van der Waals surface area contributed by atoms with E-state index < -0.39 is 41.8 Å². The highest BCUT2D eigenvalue weighted by Gasteiger charge is 2.43. The van der Waals surface area contributed by atoms with Gasteiger partial charge in [-0.05, 0) is 19.9 Å². The van der Waals surface area contributed by atoms with Gasteiger partial charge in [0.2, 0.25) is 0 Å². The van der Waals surface area contributed by atoms with Gasteiger partial charge in [-0.2, -0.15) is 0 Å². The van der Waals surface area contributed by atoms with E-state index in [4.69, 9.17) is 5.11 Å². The number of carboxylic acid groups (broad SMARTS) is 1. The van der Waals surface area contributed by atoms with Crippen LogP contribution in [-0.4, -0.2) is 39.4 Å². The molecule has 0 aliphatic heterocycles. The maximum absolute atomic E-state index is 14.9. The Labute approximate surface area is 153 Å². The van der Waals surface area contributed by atoms with Crippen molar-refractivity contribution < 1.29 is 33.3 Å². The van der Waals surface area contributed by atoms with Crippen LogP contribution in [0.2, 0.25) is 0 Å². The number of nitrogens with zero attached hydrogens (tertiary/aromatic N) is 1. The van der Waals surface area contributed by atoms with Gasteiger partial charge in [0.05, 0.1) is 17.8 Å². The van der Waals surface area contributed by atoms with E-state index in [1.54, 1.807) is 23.5 Å². The van der Waals surface area contributed by atoms with Crippen molar-refractivity contribution in [2.45, 2.75) is 31.5 Å². The molecule has 1 unspecified atom stereocenters. The van der Waals surface area contributed by atoms with Gasteiger partial charge in [0, 0.05) is 11.1 Å². The lowest BCUT2D eigenvalue weighted by Gasteiger charge is -2.29. The average molecular weight is 384 g/mol. The fraction of sp³-hybridized carbons (Fsp3) is 0.333. The topological polar surface area (TPSA) is 103 Å². The second-order valence-electron chi connectivity index (χ2n) is 6.53. The molecule has 0 saturated heterocycles. The lowest BCUT2D eigenvalue weighted by molar-refractivity contribution is -0.101. The molecular weight excluding hydrogens is 365 g/mol. The lowest BCUT2D eigenvalue weighted by atomic mass is 9.90. The predicted octanol–water partition coefficient (Wildman–Crippen LogP) is 2.84. The summed E-state index contributed by atoms with van der Waals surface area (Å²) in [6.07, 6.45) is -5.05. The maximum Gasteiger partial charge on any atom is 0.404 e. The zero-order valence-corrected chi connectivity index (χ0v) is 14.6. The van der Waals surface area contributed by atoms with E-state index in [2.05, 4.69) is 4.98 Å². The van der Waals surface area contributed by atoms with Crippen molar-refractivity contribution in [3.8, 4) is 11.3 Å².